The molecule has 148 valence electrons. The van der Waals surface area contributed by atoms with E-state index in [4.69, 9.17) is 27.9 Å². The van der Waals surface area contributed by atoms with Gasteiger partial charge < -0.3 is 15.0 Å². The SMILES string of the molecule is COC1CCCN(C2CCN(C(=O)CNC(=O)c3ccc(Cl)c(Cl)c3)C2)C1. The number of methoxy groups -OCH3 is 1. The molecule has 1 aromatic carbocycles. The third kappa shape index (κ3) is 5.13. The molecule has 0 bridgehead atoms. The van der Waals surface area contributed by atoms with E-state index in [1.165, 1.54) is 6.07 Å². The highest BCUT2D eigenvalue weighted by atomic mass is 35.5. The van der Waals surface area contributed by atoms with Gasteiger partial charge in [0.25, 0.3) is 5.91 Å². The van der Waals surface area contributed by atoms with Gasteiger partial charge in [-0.15, -0.1) is 0 Å². The van der Waals surface area contributed by atoms with Gasteiger partial charge in [-0.05, 0) is 44.0 Å². The molecule has 2 saturated heterocycles. The fourth-order valence-electron chi connectivity index (χ4n) is 3.76. The first-order valence-electron chi connectivity index (χ1n) is 9.26. The molecule has 0 aliphatic carbocycles. The minimum Gasteiger partial charge on any atom is -0.380 e. The third-order valence-corrected chi connectivity index (χ3v) is 6.10. The second kappa shape index (κ2) is 9.24. The standard InChI is InChI=1S/C19H25Cl2N3O3/c1-27-15-3-2-7-23(12-15)14-6-8-24(11-14)18(25)10-22-19(26)13-4-5-16(20)17(21)9-13/h4-5,9,14-15H,2-3,6-8,10-12H2,1H3,(H,22,26). The molecule has 0 saturated carbocycles. The third-order valence-electron chi connectivity index (χ3n) is 5.36. The van der Waals surface area contributed by atoms with E-state index in [0.29, 0.717) is 28.2 Å². The molecule has 2 aliphatic rings. The Kier molecular flexibility index (Phi) is 6.98. The number of ether oxygens (including phenoxy) is 1. The molecule has 2 unspecified atom stereocenters. The van der Waals surface area contributed by atoms with Crippen molar-refractivity contribution in [2.24, 2.45) is 0 Å². The summed E-state index contributed by atoms with van der Waals surface area (Å²) >= 11 is 11.8. The van der Waals surface area contributed by atoms with Crippen LogP contribution in [0.1, 0.15) is 29.6 Å². The molecule has 2 aliphatic heterocycles. The molecule has 2 fully saturated rings. The molecule has 0 aromatic heterocycles. The van der Waals surface area contributed by atoms with Crippen LogP contribution in [0, 0.1) is 0 Å². The summed E-state index contributed by atoms with van der Waals surface area (Å²) in [6.45, 7) is 3.39. The van der Waals surface area contributed by atoms with Gasteiger partial charge in [0.05, 0.1) is 22.7 Å². The van der Waals surface area contributed by atoms with Gasteiger partial charge in [0.2, 0.25) is 5.91 Å². The number of carbonyl (C=O) groups is 2. The van der Waals surface area contributed by atoms with Gasteiger partial charge in [-0.1, -0.05) is 23.2 Å². The quantitative estimate of drug-likeness (QED) is 0.804. The minimum absolute atomic E-state index is 0.0213. The first-order valence-corrected chi connectivity index (χ1v) is 10.0. The number of amides is 2. The average Bonchev–Trinajstić information content (AvgIpc) is 3.18. The van der Waals surface area contributed by atoms with Gasteiger partial charge in [-0.3, -0.25) is 14.5 Å². The number of likely N-dealkylation sites (tertiary alicyclic amines) is 2. The predicted molar refractivity (Wildman–Crippen MR) is 105 cm³/mol. The van der Waals surface area contributed by atoms with Gasteiger partial charge in [0.1, 0.15) is 0 Å². The van der Waals surface area contributed by atoms with Crippen molar-refractivity contribution < 1.29 is 14.3 Å². The number of benzene rings is 1. The largest absolute Gasteiger partial charge is 0.380 e. The Labute approximate surface area is 169 Å². The van der Waals surface area contributed by atoms with E-state index in [0.717, 1.165) is 38.9 Å². The molecule has 1 N–H and O–H groups in total. The van der Waals surface area contributed by atoms with Crippen LogP contribution < -0.4 is 5.32 Å². The van der Waals surface area contributed by atoms with Crippen LogP contribution in [0.2, 0.25) is 10.0 Å². The van der Waals surface area contributed by atoms with Gasteiger partial charge in [-0.25, -0.2) is 0 Å². The highest BCUT2D eigenvalue weighted by molar-refractivity contribution is 6.42. The highest BCUT2D eigenvalue weighted by Gasteiger charge is 2.33. The summed E-state index contributed by atoms with van der Waals surface area (Å²) in [6, 6.07) is 5.02. The second-order valence-corrected chi connectivity index (χ2v) is 7.90. The van der Waals surface area contributed by atoms with E-state index in [1.54, 1.807) is 19.2 Å². The van der Waals surface area contributed by atoms with Gasteiger partial charge in [-0.2, -0.15) is 0 Å². The number of halogens is 2. The van der Waals surface area contributed by atoms with Crippen LogP contribution in [0.3, 0.4) is 0 Å². The smallest absolute Gasteiger partial charge is 0.251 e. The zero-order chi connectivity index (χ0) is 19.4. The topological polar surface area (TPSA) is 61.9 Å². The molecular formula is C19H25Cl2N3O3. The lowest BCUT2D eigenvalue weighted by Crippen LogP contribution is -2.47. The maximum absolute atomic E-state index is 12.5. The maximum atomic E-state index is 12.5. The molecule has 2 atom stereocenters. The number of nitrogens with zero attached hydrogens (tertiary/aromatic N) is 2. The second-order valence-electron chi connectivity index (χ2n) is 7.09. The van der Waals surface area contributed by atoms with E-state index >= 15 is 0 Å². The van der Waals surface area contributed by atoms with Crippen molar-refractivity contribution in [1.82, 2.24) is 15.1 Å². The summed E-state index contributed by atoms with van der Waals surface area (Å²) in [5.74, 6) is -0.400. The van der Waals surface area contributed by atoms with Crippen LogP contribution in [0.4, 0.5) is 0 Å². The lowest BCUT2D eigenvalue weighted by molar-refractivity contribution is -0.129. The van der Waals surface area contributed by atoms with Crippen LogP contribution in [0.15, 0.2) is 18.2 Å². The lowest BCUT2D eigenvalue weighted by Gasteiger charge is -2.36. The maximum Gasteiger partial charge on any atom is 0.251 e. The Bertz CT molecular complexity index is 701. The molecule has 8 heteroatoms. The summed E-state index contributed by atoms with van der Waals surface area (Å²) in [7, 11) is 1.76. The Morgan fingerprint density at radius 3 is 2.74 bits per heavy atom. The zero-order valence-corrected chi connectivity index (χ0v) is 16.9. The molecule has 2 heterocycles. The van der Waals surface area contributed by atoms with Crippen LogP contribution in [-0.4, -0.2) is 73.6 Å². The van der Waals surface area contributed by atoms with Crippen molar-refractivity contribution in [3.63, 3.8) is 0 Å². The fraction of sp³-hybridized carbons (Fsp3) is 0.579. The van der Waals surface area contributed by atoms with Crippen molar-refractivity contribution in [2.45, 2.75) is 31.4 Å². The van der Waals surface area contributed by atoms with E-state index in [9.17, 15) is 9.59 Å². The van der Waals surface area contributed by atoms with Crippen LogP contribution >= 0.6 is 23.2 Å². The van der Waals surface area contributed by atoms with Crippen molar-refractivity contribution in [2.75, 3.05) is 39.8 Å². The molecule has 1 aromatic rings. The van der Waals surface area contributed by atoms with Crippen molar-refractivity contribution in [3.05, 3.63) is 33.8 Å². The van der Waals surface area contributed by atoms with Crippen LogP contribution in [0.5, 0.6) is 0 Å². The van der Waals surface area contributed by atoms with Crippen molar-refractivity contribution in [1.29, 1.82) is 0 Å². The number of hydrogen-bond donors (Lipinski definition) is 1. The normalized spacial score (nSPS) is 23.4. The number of piperidine rings is 1. The van der Waals surface area contributed by atoms with Crippen LogP contribution in [0.25, 0.3) is 0 Å². The van der Waals surface area contributed by atoms with Crippen molar-refractivity contribution >= 4 is 35.0 Å². The number of nitrogens with one attached hydrogen (secondary N) is 1. The number of rotatable bonds is 5. The summed E-state index contributed by atoms with van der Waals surface area (Å²) < 4.78 is 5.49. The van der Waals surface area contributed by atoms with Gasteiger partial charge in [0, 0.05) is 38.3 Å². The number of hydrogen-bond acceptors (Lipinski definition) is 4. The lowest BCUT2D eigenvalue weighted by atomic mass is 10.1. The first-order chi connectivity index (χ1) is 13.0. The van der Waals surface area contributed by atoms with E-state index in [-0.39, 0.29) is 24.5 Å². The average molecular weight is 414 g/mol. The van der Waals surface area contributed by atoms with Crippen molar-refractivity contribution in [3.8, 4) is 0 Å². The van der Waals surface area contributed by atoms with E-state index < -0.39 is 0 Å². The monoisotopic (exact) mass is 413 g/mol. The van der Waals surface area contributed by atoms with Gasteiger partial charge in [0.15, 0.2) is 0 Å². The molecular weight excluding hydrogens is 389 g/mol. The summed E-state index contributed by atoms with van der Waals surface area (Å²) in [5, 5.41) is 3.37. The fourth-order valence-corrected chi connectivity index (χ4v) is 4.06. The predicted octanol–water partition coefficient (Wildman–Crippen LogP) is 2.43. The molecule has 3 rings (SSSR count). The molecule has 6 nitrogen and oxygen atoms in total. The Morgan fingerprint density at radius 1 is 1.19 bits per heavy atom. The minimum atomic E-state index is -0.336. The summed E-state index contributed by atoms with van der Waals surface area (Å²) in [6.07, 6.45) is 3.48. The van der Waals surface area contributed by atoms with Gasteiger partial charge >= 0.3 is 0 Å². The van der Waals surface area contributed by atoms with E-state index in [2.05, 4.69) is 10.2 Å². The summed E-state index contributed by atoms with van der Waals surface area (Å²) in [4.78, 5) is 28.9. The number of carbonyl (C=O) groups excluding carboxylic acids is 2. The first kappa shape index (κ1) is 20.4. The Hall–Kier alpha value is -1.34. The van der Waals surface area contributed by atoms with E-state index in [1.807, 2.05) is 4.90 Å². The summed E-state index contributed by atoms with van der Waals surface area (Å²) in [5.41, 5.74) is 0.385. The Balaban J connectivity index is 1.47. The highest BCUT2D eigenvalue weighted by Crippen LogP contribution is 2.23. The molecule has 0 radical (unpaired) electrons. The molecule has 2 amide bonds. The van der Waals surface area contributed by atoms with Crippen LogP contribution in [-0.2, 0) is 9.53 Å². The zero-order valence-electron chi connectivity index (χ0n) is 15.4. The molecule has 27 heavy (non-hydrogen) atoms. The molecule has 0 spiro atoms. The Morgan fingerprint density at radius 2 is 2.00 bits per heavy atom.